The number of amides is 2. The number of benzene rings is 2. The van der Waals surface area contributed by atoms with Crippen molar-refractivity contribution >= 4 is 28.9 Å². The maximum Gasteiger partial charge on any atom is 0.418 e. The van der Waals surface area contributed by atoms with Gasteiger partial charge in [-0.3, -0.25) is 9.59 Å². The molecule has 1 atom stereocenters. The smallest absolute Gasteiger partial charge is 0.418 e. The van der Waals surface area contributed by atoms with Gasteiger partial charge in [-0.05, 0) is 30.3 Å². The zero-order chi connectivity index (χ0) is 23.6. The molecular weight excluding hydrogens is 439 g/mol. The van der Waals surface area contributed by atoms with Crippen molar-refractivity contribution in [1.29, 1.82) is 0 Å². The summed E-state index contributed by atoms with van der Waals surface area (Å²) in [5.74, 6) is -1.24. The van der Waals surface area contributed by atoms with Crippen molar-refractivity contribution in [2.75, 3.05) is 55.1 Å². The molecule has 176 valence electrons. The number of anilines is 3. The van der Waals surface area contributed by atoms with Gasteiger partial charge in [-0.15, -0.1) is 0 Å². The second-order valence-electron chi connectivity index (χ2n) is 7.89. The highest BCUT2D eigenvalue weighted by molar-refractivity contribution is 6.04. The molecule has 0 radical (unpaired) electrons. The number of carbonyl (C=O) groups excluding carboxylic acids is 2. The SMILES string of the molecule is COc1ccccc1N1CC(C(=O)Nc2ccc(N3CCOCC3)cc2C(F)(F)F)CC1=O. The third kappa shape index (κ3) is 4.90. The number of para-hydroxylation sites is 2. The Morgan fingerprint density at radius 2 is 1.88 bits per heavy atom. The quantitative estimate of drug-likeness (QED) is 0.735. The number of morpholine rings is 1. The molecule has 2 aliphatic rings. The highest BCUT2D eigenvalue weighted by Gasteiger charge is 2.38. The van der Waals surface area contributed by atoms with Gasteiger partial charge in [0.15, 0.2) is 0 Å². The summed E-state index contributed by atoms with van der Waals surface area (Å²) in [6.45, 7) is 1.92. The molecule has 2 amide bonds. The average molecular weight is 463 g/mol. The number of ether oxygens (including phenoxy) is 2. The van der Waals surface area contributed by atoms with Crippen molar-refractivity contribution in [3.05, 3.63) is 48.0 Å². The third-order valence-electron chi connectivity index (χ3n) is 5.81. The van der Waals surface area contributed by atoms with E-state index in [-0.39, 0.29) is 24.6 Å². The fraction of sp³-hybridized carbons (Fsp3) is 0.391. The largest absolute Gasteiger partial charge is 0.495 e. The van der Waals surface area contributed by atoms with E-state index in [1.54, 1.807) is 30.3 Å². The molecule has 0 spiro atoms. The van der Waals surface area contributed by atoms with Crippen LogP contribution in [0.15, 0.2) is 42.5 Å². The minimum atomic E-state index is -4.65. The van der Waals surface area contributed by atoms with Gasteiger partial charge in [-0.25, -0.2) is 0 Å². The van der Waals surface area contributed by atoms with E-state index < -0.39 is 23.6 Å². The lowest BCUT2D eigenvalue weighted by Gasteiger charge is -2.29. The fourth-order valence-corrected chi connectivity index (χ4v) is 4.10. The average Bonchev–Trinajstić information content (AvgIpc) is 3.20. The van der Waals surface area contributed by atoms with E-state index in [4.69, 9.17) is 9.47 Å². The fourth-order valence-electron chi connectivity index (χ4n) is 4.10. The van der Waals surface area contributed by atoms with Crippen LogP contribution in [0.2, 0.25) is 0 Å². The van der Waals surface area contributed by atoms with Crippen LogP contribution in [-0.4, -0.2) is 51.8 Å². The van der Waals surface area contributed by atoms with E-state index in [2.05, 4.69) is 5.32 Å². The normalized spacial score (nSPS) is 19.0. The Balaban J connectivity index is 1.52. The maximum absolute atomic E-state index is 13.8. The lowest BCUT2D eigenvalue weighted by Crippen LogP contribution is -2.36. The molecular formula is C23H24F3N3O4. The molecule has 2 aromatic carbocycles. The molecule has 10 heteroatoms. The van der Waals surface area contributed by atoms with Crippen molar-refractivity contribution < 1.29 is 32.2 Å². The van der Waals surface area contributed by atoms with Crippen molar-refractivity contribution in [2.45, 2.75) is 12.6 Å². The first-order valence-corrected chi connectivity index (χ1v) is 10.6. The monoisotopic (exact) mass is 463 g/mol. The molecule has 2 heterocycles. The van der Waals surface area contributed by atoms with Crippen LogP contribution in [0.5, 0.6) is 5.75 Å². The van der Waals surface area contributed by atoms with Gasteiger partial charge in [0, 0.05) is 31.7 Å². The van der Waals surface area contributed by atoms with Gasteiger partial charge in [-0.2, -0.15) is 13.2 Å². The van der Waals surface area contributed by atoms with Gasteiger partial charge in [0.1, 0.15) is 5.75 Å². The van der Waals surface area contributed by atoms with Crippen LogP contribution in [0.25, 0.3) is 0 Å². The minimum Gasteiger partial charge on any atom is -0.495 e. The predicted octanol–water partition coefficient (Wildman–Crippen LogP) is 3.54. The van der Waals surface area contributed by atoms with E-state index in [0.717, 1.165) is 6.07 Å². The van der Waals surface area contributed by atoms with Crippen molar-refractivity contribution in [1.82, 2.24) is 0 Å². The Morgan fingerprint density at radius 3 is 2.58 bits per heavy atom. The molecule has 0 aromatic heterocycles. The first kappa shape index (κ1) is 22.9. The van der Waals surface area contributed by atoms with Gasteiger partial charge in [0.25, 0.3) is 0 Å². The highest BCUT2D eigenvalue weighted by atomic mass is 19.4. The van der Waals surface area contributed by atoms with Crippen LogP contribution in [-0.2, 0) is 20.5 Å². The molecule has 2 saturated heterocycles. The van der Waals surface area contributed by atoms with Crippen LogP contribution >= 0.6 is 0 Å². The zero-order valence-corrected chi connectivity index (χ0v) is 18.0. The lowest BCUT2D eigenvalue weighted by molar-refractivity contribution is -0.137. The molecule has 2 aliphatic heterocycles. The number of methoxy groups -OCH3 is 1. The Kier molecular flexibility index (Phi) is 6.46. The third-order valence-corrected chi connectivity index (χ3v) is 5.81. The summed E-state index contributed by atoms with van der Waals surface area (Å²) < 4.78 is 51.9. The molecule has 1 N–H and O–H groups in total. The number of nitrogens with one attached hydrogen (secondary N) is 1. The number of alkyl halides is 3. The summed E-state index contributed by atoms with van der Waals surface area (Å²) in [5.41, 5.74) is -0.313. The highest BCUT2D eigenvalue weighted by Crippen LogP contribution is 2.38. The number of nitrogens with zero attached hydrogens (tertiary/aromatic N) is 2. The molecule has 7 nitrogen and oxygen atoms in total. The van der Waals surface area contributed by atoms with E-state index in [1.165, 1.54) is 18.1 Å². The predicted molar refractivity (Wildman–Crippen MR) is 117 cm³/mol. The summed E-state index contributed by atoms with van der Waals surface area (Å²) >= 11 is 0. The Hall–Kier alpha value is -3.27. The Labute approximate surface area is 189 Å². The Bertz CT molecular complexity index is 1040. The minimum absolute atomic E-state index is 0.0538. The number of hydrogen-bond acceptors (Lipinski definition) is 5. The number of carbonyl (C=O) groups is 2. The number of hydrogen-bond donors (Lipinski definition) is 1. The summed E-state index contributed by atoms with van der Waals surface area (Å²) in [4.78, 5) is 28.6. The van der Waals surface area contributed by atoms with Crippen molar-refractivity contribution in [2.24, 2.45) is 5.92 Å². The zero-order valence-electron chi connectivity index (χ0n) is 18.0. The molecule has 0 bridgehead atoms. The van der Waals surface area contributed by atoms with Gasteiger partial charge in [-0.1, -0.05) is 12.1 Å². The molecule has 33 heavy (non-hydrogen) atoms. The van der Waals surface area contributed by atoms with Crippen LogP contribution < -0.4 is 19.9 Å². The van der Waals surface area contributed by atoms with E-state index >= 15 is 0 Å². The van der Waals surface area contributed by atoms with Gasteiger partial charge in [0.05, 0.1) is 43.2 Å². The van der Waals surface area contributed by atoms with E-state index in [1.807, 2.05) is 4.90 Å². The van der Waals surface area contributed by atoms with Gasteiger partial charge < -0.3 is 24.6 Å². The maximum atomic E-state index is 13.8. The second kappa shape index (κ2) is 9.30. The molecule has 4 rings (SSSR count). The summed E-state index contributed by atoms with van der Waals surface area (Å²) in [6, 6.07) is 10.8. The van der Waals surface area contributed by atoms with Crippen LogP contribution in [0.3, 0.4) is 0 Å². The van der Waals surface area contributed by atoms with Crippen molar-refractivity contribution in [3.8, 4) is 5.75 Å². The first-order valence-electron chi connectivity index (χ1n) is 10.6. The molecule has 2 aromatic rings. The van der Waals surface area contributed by atoms with E-state index in [0.29, 0.717) is 43.4 Å². The second-order valence-corrected chi connectivity index (χ2v) is 7.89. The van der Waals surface area contributed by atoms with Crippen LogP contribution in [0, 0.1) is 5.92 Å². The van der Waals surface area contributed by atoms with E-state index in [9.17, 15) is 22.8 Å². The van der Waals surface area contributed by atoms with Gasteiger partial charge >= 0.3 is 6.18 Å². The number of rotatable bonds is 5. The summed E-state index contributed by atoms with van der Waals surface area (Å²) in [6.07, 6.45) is -4.75. The van der Waals surface area contributed by atoms with Gasteiger partial charge in [0.2, 0.25) is 11.8 Å². The summed E-state index contributed by atoms with van der Waals surface area (Å²) in [7, 11) is 1.48. The molecule has 0 aliphatic carbocycles. The molecule has 1 unspecified atom stereocenters. The number of halogens is 3. The molecule has 2 fully saturated rings. The van der Waals surface area contributed by atoms with Crippen LogP contribution in [0.1, 0.15) is 12.0 Å². The lowest BCUT2D eigenvalue weighted by atomic mass is 10.1. The topological polar surface area (TPSA) is 71.1 Å². The van der Waals surface area contributed by atoms with Crippen molar-refractivity contribution in [3.63, 3.8) is 0 Å². The standard InChI is InChI=1S/C23H24F3N3O4/c1-32-20-5-3-2-4-19(20)29-14-15(12-21(29)30)22(31)27-18-7-6-16(13-17(18)23(24,25)26)28-8-10-33-11-9-28/h2-7,13,15H,8-12,14H2,1H3,(H,27,31). The Morgan fingerprint density at radius 1 is 1.15 bits per heavy atom. The molecule has 0 saturated carbocycles. The summed E-state index contributed by atoms with van der Waals surface area (Å²) in [5, 5.41) is 2.40. The first-order chi connectivity index (χ1) is 15.8. The van der Waals surface area contributed by atoms with Crippen LogP contribution in [0.4, 0.5) is 30.2 Å².